The van der Waals surface area contributed by atoms with Crippen LogP contribution in [0, 0.1) is 5.41 Å². The number of aliphatic hydroxyl groups excluding tert-OH is 1. The van der Waals surface area contributed by atoms with Crippen molar-refractivity contribution in [2.75, 3.05) is 5.32 Å². The Kier molecular flexibility index (Phi) is 9.36. The van der Waals surface area contributed by atoms with Gasteiger partial charge in [-0.3, -0.25) is 4.79 Å². The van der Waals surface area contributed by atoms with Crippen LogP contribution in [0.15, 0.2) is 133 Å². The highest BCUT2D eigenvalue weighted by Gasteiger charge is 2.37. The largest absolute Gasteiger partial charge is 0.478 e. The molecule has 0 fully saturated rings. The molecular formula is C50H46N2O4. The molecule has 6 aromatic carbocycles. The van der Waals surface area contributed by atoms with E-state index in [1.807, 2.05) is 60.7 Å². The number of carboxylic acid groups (broad SMARTS) is 1. The summed E-state index contributed by atoms with van der Waals surface area (Å²) in [6, 6.07) is 34.7. The van der Waals surface area contributed by atoms with Gasteiger partial charge >= 0.3 is 5.97 Å². The van der Waals surface area contributed by atoms with Crippen LogP contribution in [-0.4, -0.2) is 22.1 Å². The van der Waals surface area contributed by atoms with Crippen molar-refractivity contribution >= 4 is 50.8 Å². The number of nitrogens with two attached hydrogens (primary N) is 1. The normalized spacial score (nSPS) is 16.2. The van der Waals surface area contributed by atoms with E-state index in [-0.39, 0.29) is 22.3 Å². The first-order valence-electron chi connectivity index (χ1n) is 19.2. The van der Waals surface area contributed by atoms with Crippen LogP contribution >= 0.6 is 0 Å². The smallest absolute Gasteiger partial charge is 0.335 e. The second-order valence-electron chi connectivity index (χ2n) is 16.5. The number of aliphatic hydroxyl groups is 1. The van der Waals surface area contributed by atoms with Crippen LogP contribution in [0.5, 0.6) is 0 Å². The zero-order valence-electron chi connectivity index (χ0n) is 32.2. The lowest BCUT2D eigenvalue weighted by Gasteiger charge is -2.40. The van der Waals surface area contributed by atoms with Crippen molar-refractivity contribution in [1.29, 1.82) is 0 Å². The van der Waals surface area contributed by atoms with E-state index < -0.39 is 12.1 Å². The maximum atomic E-state index is 14.1. The molecule has 1 atom stereocenters. The number of fused-ring (bicyclic) bond motifs is 5. The molecule has 0 bridgehead atoms. The molecule has 0 radical (unpaired) electrons. The molecule has 0 saturated carbocycles. The van der Waals surface area contributed by atoms with Gasteiger partial charge in [0.15, 0.2) is 0 Å². The minimum Gasteiger partial charge on any atom is -0.478 e. The van der Waals surface area contributed by atoms with Gasteiger partial charge in [-0.1, -0.05) is 130 Å². The van der Waals surface area contributed by atoms with E-state index >= 15 is 0 Å². The van der Waals surface area contributed by atoms with Gasteiger partial charge in [0.1, 0.15) is 0 Å². The Balaban J connectivity index is 1.32. The number of hydrogen-bond acceptors (Lipinski definition) is 4. The summed E-state index contributed by atoms with van der Waals surface area (Å²) >= 11 is 0. The fourth-order valence-corrected chi connectivity index (χ4v) is 8.73. The lowest BCUT2D eigenvalue weighted by Crippen LogP contribution is -2.28. The standard InChI is InChI=1S/C50H46N2O4/c1-49(2)24-23-38-37(27-49)28-50(3,4)46-41(38)21-19-35-25-36(26-42(44(35)46)52-47(54)33-14-11-31(29-51)12-15-33)40-20-18-32-7-5-6-8-39(32)45(40)43(53)22-13-30-9-16-34(17-10-30)48(55)56/h5-26,43,53H,27-29,51H2,1-4H3,(H,52,54)(H,55,56). The maximum Gasteiger partial charge on any atom is 0.335 e. The number of nitrogens with one attached hydrogen (secondary N) is 1. The fourth-order valence-electron chi connectivity index (χ4n) is 8.73. The van der Waals surface area contributed by atoms with E-state index in [1.54, 1.807) is 30.3 Å². The third-order valence-electron chi connectivity index (χ3n) is 11.4. The number of allylic oxidation sites excluding steroid dienone is 4. The quantitative estimate of drug-likeness (QED) is 0.124. The Morgan fingerprint density at radius 2 is 1.52 bits per heavy atom. The molecule has 6 aromatic rings. The predicted octanol–water partition coefficient (Wildman–Crippen LogP) is 11.2. The predicted molar refractivity (Wildman–Crippen MR) is 229 cm³/mol. The molecule has 1 unspecified atom stereocenters. The Labute approximate surface area is 327 Å². The molecule has 5 N–H and O–H groups in total. The SMILES string of the molecule is CC1(C)C=CC2=C(C1)CC(C)(C)c1c2ccc2cc(-c3ccc4ccccc4c3C(O)C=Cc3ccc(C(=O)O)cc3)cc(NC(=O)c3ccc(CN)cc3)c12. The van der Waals surface area contributed by atoms with E-state index in [4.69, 9.17) is 5.73 Å². The molecule has 56 heavy (non-hydrogen) atoms. The monoisotopic (exact) mass is 738 g/mol. The van der Waals surface area contributed by atoms with Crippen molar-refractivity contribution in [3.05, 3.63) is 172 Å². The zero-order chi connectivity index (χ0) is 39.4. The molecule has 6 heteroatoms. The molecule has 0 saturated heterocycles. The van der Waals surface area contributed by atoms with Crippen LogP contribution in [0.2, 0.25) is 0 Å². The molecule has 2 aliphatic carbocycles. The number of benzene rings is 6. The van der Waals surface area contributed by atoms with Crippen LogP contribution in [-0.2, 0) is 12.0 Å². The number of anilines is 1. The zero-order valence-corrected chi connectivity index (χ0v) is 32.2. The molecule has 0 aromatic heterocycles. The molecule has 2 aliphatic rings. The minimum atomic E-state index is -1.000. The van der Waals surface area contributed by atoms with E-state index in [2.05, 4.69) is 75.5 Å². The van der Waals surface area contributed by atoms with E-state index in [1.165, 1.54) is 22.3 Å². The summed E-state index contributed by atoms with van der Waals surface area (Å²) in [6.45, 7) is 9.59. The molecule has 1 amide bonds. The summed E-state index contributed by atoms with van der Waals surface area (Å²) in [6.07, 6.45) is 9.09. The van der Waals surface area contributed by atoms with Crippen molar-refractivity contribution in [2.24, 2.45) is 11.1 Å². The van der Waals surface area contributed by atoms with Gasteiger partial charge in [-0.15, -0.1) is 0 Å². The molecule has 0 heterocycles. The molecule has 0 aliphatic heterocycles. The molecule has 6 nitrogen and oxygen atoms in total. The van der Waals surface area contributed by atoms with Crippen LogP contribution in [0.4, 0.5) is 5.69 Å². The molecule has 280 valence electrons. The first-order chi connectivity index (χ1) is 26.8. The van der Waals surface area contributed by atoms with Gasteiger partial charge in [-0.2, -0.15) is 0 Å². The average Bonchev–Trinajstić information content (AvgIpc) is 3.18. The summed E-state index contributed by atoms with van der Waals surface area (Å²) in [5.74, 6) is -1.20. The number of carbonyl (C=O) groups is 2. The topological polar surface area (TPSA) is 113 Å². The Bertz CT molecular complexity index is 2640. The summed E-state index contributed by atoms with van der Waals surface area (Å²) in [5.41, 5.74) is 16.5. The van der Waals surface area contributed by atoms with Gasteiger partial charge in [0, 0.05) is 28.7 Å². The van der Waals surface area contributed by atoms with Crippen molar-refractivity contribution in [3.8, 4) is 11.1 Å². The summed E-state index contributed by atoms with van der Waals surface area (Å²) in [5, 5.41) is 28.6. The van der Waals surface area contributed by atoms with E-state index in [0.717, 1.165) is 62.2 Å². The first-order valence-corrected chi connectivity index (χ1v) is 19.2. The summed E-state index contributed by atoms with van der Waals surface area (Å²) in [4.78, 5) is 25.5. The van der Waals surface area contributed by atoms with Crippen LogP contribution in [0.1, 0.15) is 95.2 Å². The van der Waals surface area contributed by atoms with Crippen LogP contribution < -0.4 is 11.1 Å². The van der Waals surface area contributed by atoms with Gasteiger partial charge in [0.05, 0.1) is 11.7 Å². The second-order valence-corrected chi connectivity index (χ2v) is 16.5. The minimum absolute atomic E-state index is 0.0963. The van der Waals surface area contributed by atoms with Gasteiger partial charge in [0.2, 0.25) is 0 Å². The number of hydrogen-bond donors (Lipinski definition) is 4. The molecule has 0 spiro atoms. The lowest BCUT2D eigenvalue weighted by atomic mass is 9.64. The summed E-state index contributed by atoms with van der Waals surface area (Å²) in [7, 11) is 0. The number of aromatic carboxylic acids is 1. The third-order valence-corrected chi connectivity index (χ3v) is 11.4. The Morgan fingerprint density at radius 1 is 0.821 bits per heavy atom. The Hall–Kier alpha value is -6.08. The average molecular weight is 739 g/mol. The van der Waals surface area contributed by atoms with E-state index in [0.29, 0.717) is 17.8 Å². The lowest BCUT2D eigenvalue weighted by molar-refractivity contribution is 0.0696. The Morgan fingerprint density at radius 3 is 2.25 bits per heavy atom. The third kappa shape index (κ3) is 6.87. The van der Waals surface area contributed by atoms with Crippen molar-refractivity contribution < 1.29 is 19.8 Å². The highest BCUT2D eigenvalue weighted by Crippen LogP contribution is 2.52. The number of rotatable bonds is 8. The van der Waals surface area contributed by atoms with Crippen LogP contribution in [0.25, 0.3) is 44.3 Å². The van der Waals surface area contributed by atoms with Crippen molar-refractivity contribution in [3.63, 3.8) is 0 Å². The highest BCUT2D eigenvalue weighted by molar-refractivity contribution is 6.13. The van der Waals surface area contributed by atoms with Gasteiger partial charge in [0.25, 0.3) is 5.91 Å². The van der Waals surface area contributed by atoms with E-state index in [9.17, 15) is 19.8 Å². The highest BCUT2D eigenvalue weighted by atomic mass is 16.4. The van der Waals surface area contributed by atoms with Crippen molar-refractivity contribution in [1.82, 2.24) is 0 Å². The number of amides is 1. The van der Waals surface area contributed by atoms with Gasteiger partial charge in [-0.25, -0.2) is 4.79 Å². The fraction of sp³-hybridized carbons (Fsp3) is 0.200. The van der Waals surface area contributed by atoms with Crippen LogP contribution in [0.3, 0.4) is 0 Å². The summed E-state index contributed by atoms with van der Waals surface area (Å²) < 4.78 is 0. The van der Waals surface area contributed by atoms with Crippen molar-refractivity contribution in [2.45, 2.75) is 58.6 Å². The van der Waals surface area contributed by atoms with Gasteiger partial charge < -0.3 is 21.3 Å². The second kappa shape index (κ2) is 14.2. The van der Waals surface area contributed by atoms with Gasteiger partial charge in [-0.05, 0) is 115 Å². The number of carbonyl (C=O) groups excluding carboxylic acids is 1. The molecular weight excluding hydrogens is 693 g/mol. The first kappa shape index (κ1) is 36.9. The maximum absolute atomic E-state index is 14.1. The molecule has 8 rings (SSSR count). The number of carboxylic acids is 1.